The van der Waals surface area contributed by atoms with Crippen molar-refractivity contribution in [1.82, 2.24) is 14.9 Å². The molecule has 4 heteroatoms. The molecule has 0 radical (unpaired) electrons. The van der Waals surface area contributed by atoms with Gasteiger partial charge < -0.3 is 4.90 Å². The van der Waals surface area contributed by atoms with Crippen LogP contribution in [0.2, 0.25) is 0 Å². The van der Waals surface area contributed by atoms with Crippen LogP contribution in [0.25, 0.3) is 0 Å². The lowest BCUT2D eigenvalue weighted by atomic mass is 9.84. The summed E-state index contributed by atoms with van der Waals surface area (Å²) in [6.45, 7) is 7.04. The maximum absolute atomic E-state index is 12.7. The van der Waals surface area contributed by atoms with Crippen LogP contribution in [0.5, 0.6) is 0 Å². The number of carbonyl (C=O) groups excluding carboxylic acids is 1. The molecule has 0 aliphatic carbocycles. The van der Waals surface area contributed by atoms with Crippen molar-refractivity contribution in [3.05, 3.63) is 59.2 Å². The highest BCUT2D eigenvalue weighted by Gasteiger charge is 2.35. The van der Waals surface area contributed by atoms with Crippen LogP contribution in [-0.2, 0) is 24.2 Å². The number of rotatable bonds is 2. The van der Waals surface area contributed by atoms with E-state index in [9.17, 15) is 4.79 Å². The van der Waals surface area contributed by atoms with Crippen LogP contribution in [0.1, 0.15) is 36.1 Å². The SMILES string of the molecule is Cc1ccc2c(c1)CN(C(=O)Cc1cncnc1)C(C)(C)C2. The number of hydrogen-bond donors (Lipinski definition) is 0. The molecule has 114 valence electrons. The number of hydrogen-bond acceptors (Lipinski definition) is 3. The summed E-state index contributed by atoms with van der Waals surface area (Å²) in [6.07, 6.45) is 6.14. The summed E-state index contributed by atoms with van der Waals surface area (Å²) >= 11 is 0. The Balaban J connectivity index is 1.85. The fraction of sp³-hybridized carbons (Fsp3) is 0.389. The third kappa shape index (κ3) is 2.86. The largest absolute Gasteiger partial charge is 0.333 e. The van der Waals surface area contributed by atoms with E-state index in [-0.39, 0.29) is 11.4 Å². The molecule has 0 atom stereocenters. The van der Waals surface area contributed by atoms with Crippen LogP contribution < -0.4 is 0 Å². The molecule has 0 unspecified atom stereocenters. The van der Waals surface area contributed by atoms with Gasteiger partial charge in [0, 0.05) is 24.5 Å². The number of amides is 1. The van der Waals surface area contributed by atoms with Gasteiger partial charge in [0.15, 0.2) is 0 Å². The number of aromatic nitrogens is 2. The molecule has 0 saturated carbocycles. The quantitative estimate of drug-likeness (QED) is 0.855. The average molecular weight is 295 g/mol. The summed E-state index contributed by atoms with van der Waals surface area (Å²) in [5.41, 5.74) is 4.54. The summed E-state index contributed by atoms with van der Waals surface area (Å²) in [5, 5.41) is 0. The van der Waals surface area contributed by atoms with Gasteiger partial charge in [0.05, 0.1) is 6.42 Å². The lowest BCUT2D eigenvalue weighted by Gasteiger charge is -2.43. The minimum Gasteiger partial charge on any atom is -0.333 e. The number of aryl methyl sites for hydroxylation is 1. The van der Waals surface area contributed by atoms with Gasteiger partial charge in [0.25, 0.3) is 0 Å². The van der Waals surface area contributed by atoms with Gasteiger partial charge >= 0.3 is 0 Å². The van der Waals surface area contributed by atoms with Gasteiger partial charge in [-0.3, -0.25) is 4.79 Å². The second-order valence-corrected chi connectivity index (χ2v) is 6.66. The first-order valence-electron chi connectivity index (χ1n) is 7.58. The fourth-order valence-electron chi connectivity index (χ4n) is 3.14. The molecule has 22 heavy (non-hydrogen) atoms. The molecule has 1 aliphatic heterocycles. The third-order valence-electron chi connectivity index (χ3n) is 4.31. The fourth-order valence-corrected chi connectivity index (χ4v) is 3.14. The summed E-state index contributed by atoms with van der Waals surface area (Å²) in [7, 11) is 0. The van der Waals surface area contributed by atoms with Crippen molar-refractivity contribution >= 4 is 5.91 Å². The molecular weight excluding hydrogens is 274 g/mol. The lowest BCUT2D eigenvalue weighted by Crippen LogP contribution is -2.52. The zero-order chi connectivity index (χ0) is 15.7. The smallest absolute Gasteiger partial charge is 0.227 e. The topological polar surface area (TPSA) is 46.1 Å². The van der Waals surface area contributed by atoms with E-state index in [2.05, 4.69) is 48.9 Å². The minimum absolute atomic E-state index is 0.131. The number of nitrogens with zero attached hydrogens (tertiary/aromatic N) is 3. The summed E-state index contributed by atoms with van der Waals surface area (Å²) < 4.78 is 0. The molecule has 2 aromatic rings. The molecule has 0 spiro atoms. The Morgan fingerprint density at radius 3 is 2.68 bits per heavy atom. The van der Waals surface area contributed by atoms with Crippen LogP contribution in [-0.4, -0.2) is 26.3 Å². The Labute approximate surface area is 131 Å². The molecule has 1 aromatic heterocycles. The van der Waals surface area contributed by atoms with E-state index in [0.717, 1.165) is 12.0 Å². The van der Waals surface area contributed by atoms with E-state index >= 15 is 0 Å². The molecular formula is C18H21N3O. The Kier molecular flexibility index (Phi) is 3.69. The van der Waals surface area contributed by atoms with Crippen molar-refractivity contribution in [2.24, 2.45) is 0 Å². The number of fused-ring (bicyclic) bond motifs is 1. The molecule has 4 nitrogen and oxygen atoms in total. The second kappa shape index (κ2) is 5.52. The van der Waals surface area contributed by atoms with Gasteiger partial charge in [-0.05, 0) is 43.9 Å². The Morgan fingerprint density at radius 2 is 1.95 bits per heavy atom. The lowest BCUT2D eigenvalue weighted by molar-refractivity contribution is -0.137. The van der Waals surface area contributed by atoms with E-state index in [1.165, 1.54) is 23.0 Å². The standard InChI is InChI=1S/C18H21N3O/c1-13-4-5-15-8-18(2,3)21(11-16(15)6-13)17(22)7-14-9-19-12-20-10-14/h4-6,9-10,12H,7-8,11H2,1-3H3. The van der Waals surface area contributed by atoms with Crippen LogP contribution in [0, 0.1) is 6.92 Å². The number of benzene rings is 1. The van der Waals surface area contributed by atoms with Crippen LogP contribution in [0.3, 0.4) is 0 Å². The molecule has 1 aromatic carbocycles. The van der Waals surface area contributed by atoms with E-state index < -0.39 is 0 Å². The van der Waals surface area contributed by atoms with Gasteiger partial charge in [-0.2, -0.15) is 0 Å². The van der Waals surface area contributed by atoms with Crippen molar-refractivity contribution in [2.45, 2.75) is 45.7 Å². The van der Waals surface area contributed by atoms with E-state index in [0.29, 0.717) is 13.0 Å². The van der Waals surface area contributed by atoms with Crippen molar-refractivity contribution in [3.63, 3.8) is 0 Å². The predicted molar refractivity (Wildman–Crippen MR) is 85.2 cm³/mol. The van der Waals surface area contributed by atoms with Crippen LogP contribution >= 0.6 is 0 Å². The number of carbonyl (C=O) groups is 1. The first-order chi connectivity index (χ1) is 10.5. The van der Waals surface area contributed by atoms with Gasteiger partial charge in [-0.25, -0.2) is 9.97 Å². The third-order valence-corrected chi connectivity index (χ3v) is 4.31. The van der Waals surface area contributed by atoms with Crippen molar-refractivity contribution in [3.8, 4) is 0 Å². The van der Waals surface area contributed by atoms with Gasteiger partial charge in [0.1, 0.15) is 6.33 Å². The molecule has 1 aliphatic rings. The van der Waals surface area contributed by atoms with Gasteiger partial charge in [-0.1, -0.05) is 23.8 Å². The summed E-state index contributed by atoms with van der Waals surface area (Å²) in [4.78, 5) is 22.7. The van der Waals surface area contributed by atoms with Crippen LogP contribution in [0.15, 0.2) is 36.9 Å². The normalized spacial score (nSPS) is 16.2. The Bertz CT molecular complexity index is 695. The highest BCUT2D eigenvalue weighted by molar-refractivity contribution is 5.79. The van der Waals surface area contributed by atoms with Gasteiger partial charge in [0.2, 0.25) is 5.91 Å². The molecule has 0 N–H and O–H groups in total. The predicted octanol–water partition coefficient (Wildman–Crippen LogP) is 2.69. The molecule has 3 rings (SSSR count). The maximum atomic E-state index is 12.7. The minimum atomic E-state index is -0.172. The Morgan fingerprint density at radius 1 is 1.23 bits per heavy atom. The molecule has 1 amide bonds. The van der Waals surface area contributed by atoms with E-state index in [1.807, 2.05) is 4.90 Å². The van der Waals surface area contributed by atoms with Crippen molar-refractivity contribution in [2.75, 3.05) is 0 Å². The highest BCUT2D eigenvalue weighted by Crippen LogP contribution is 2.31. The molecule has 2 heterocycles. The summed E-state index contributed by atoms with van der Waals surface area (Å²) in [5.74, 6) is 0.131. The zero-order valence-electron chi connectivity index (χ0n) is 13.3. The van der Waals surface area contributed by atoms with Crippen molar-refractivity contribution in [1.29, 1.82) is 0 Å². The molecule has 0 saturated heterocycles. The average Bonchev–Trinajstić information content (AvgIpc) is 2.47. The van der Waals surface area contributed by atoms with Crippen molar-refractivity contribution < 1.29 is 4.79 Å². The molecule has 0 fully saturated rings. The monoisotopic (exact) mass is 295 g/mol. The van der Waals surface area contributed by atoms with Gasteiger partial charge in [-0.15, -0.1) is 0 Å². The second-order valence-electron chi connectivity index (χ2n) is 6.66. The first kappa shape index (κ1) is 14.7. The van der Waals surface area contributed by atoms with E-state index in [4.69, 9.17) is 0 Å². The molecule has 0 bridgehead atoms. The zero-order valence-corrected chi connectivity index (χ0v) is 13.3. The van der Waals surface area contributed by atoms with E-state index in [1.54, 1.807) is 12.4 Å². The highest BCUT2D eigenvalue weighted by atomic mass is 16.2. The Hall–Kier alpha value is -2.23. The summed E-state index contributed by atoms with van der Waals surface area (Å²) in [6, 6.07) is 6.53. The van der Waals surface area contributed by atoms with Crippen LogP contribution in [0.4, 0.5) is 0 Å². The maximum Gasteiger partial charge on any atom is 0.227 e. The first-order valence-corrected chi connectivity index (χ1v) is 7.58.